The van der Waals surface area contributed by atoms with E-state index in [4.69, 9.17) is 0 Å². The van der Waals surface area contributed by atoms with Crippen LogP contribution < -0.4 is 10.3 Å². The molecule has 0 amide bonds. The molecule has 0 bridgehead atoms. The van der Waals surface area contributed by atoms with Gasteiger partial charge in [0.25, 0.3) is 0 Å². The maximum atomic E-state index is 12.7. The lowest BCUT2D eigenvalue weighted by molar-refractivity contribution is 0.891. The predicted octanol–water partition coefficient (Wildman–Crippen LogP) is 5.55. The van der Waals surface area contributed by atoms with Crippen molar-refractivity contribution in [2.75, 3.05) is 4.90 Å². The second kappa shape index (κ2) is 6.01. The topological polar surface area (TPSA) is 20.3 Å². The molecule has 0 spiro atoms. The Balaban J connectivity index is 1.85. The molecule has 122 valence electrons. The summed E-state index contributed by atoms with van der Waals surface area (Å²) in [7, 11) is 0. The molecule has 24 heavy (non-hydrogen) atoms. The summed E-state index contributed by atoms with van der Waals surface area (Å²) in [5.74, 6) is 0. The molecular formula is C20H18BrNOS. The average Bonchev–Trinajstić information content (AvgIpc) is 2.98. The van der Waals surface area contributed by atoms with E-state index in [1.54, 1.807) is 17.4 Å². The SMILES string of the molecule is Cc1cc(C(C)Br)c2sc(N3Cc4ccccc4C3)cc(=O)c2c1. The summed E-state index contributed by atoms with van der Waals surface area (Å²) >= 11 is 5.41. The van der Waals surface area contributed by atoms with Crippen molar-refractivity contribution in [3.05, 3.63) is 74.9 Å². The number of nitrogens with zero attached hydrogens (tertiary/aromatic N) is 1. The third-order valence-corrected chi connectivity index (χ3v) is 6.31. The summed E-state index contributed by atoms with van der Waals surface area (Å²) in [6, 6.07) is 14.5. The highest BCUT2D eigenvalue weighted by Gasteiger charge is 2.21. The van der Waals surface area contributed by atoms with Crippen LogP contribution in [0.5, 0.6) is 0 Å². The summed E-state index contributed by atoms with van der Waals surface area (Å²) in [5.41, 5.74) is 5.17. The van der Waals surface area contributed by atoms with Gasteiger partial charge in [-0.05, 0) is 42.2 Å². The normalized spacial score (nSPS) is 14.9. The van der Waals surface area contributed by atoms with Crippen LogP contribution in [-0.2, 0) is 13.1 Å². The number of anilines is 1. The van der Waals surface area contributed by atoms with E-state index in [-0.39, 0.29) is 10.3 Å². The number of benzene rings is 2. The standard InChI is InChI=1S/C20H18BrNOS/c1-12-7-16(13(2)21)20-17(8-12)18(23)9-19(24-20)22-10-14-5-3-4-6-15(14)11-22/h3-9,13H,10-11H2,1-2H3. The van der Waals surface area contributed by atoms with Gasteiger partial charge in [0.15, 0.2) is 5.43 Å². The number of aryl methyl sites for hydroxylation is 1. The van der Waals surface area contributed by atoms with Gasteiger partial charge in [-0.1, -0.05) is 46.3 Å². The lowest BCUT2D eigenvalue weighted by atomic mass is 10.1. The van der Waals surface area contributed by atoms with E-state index in [1.807, 2.05) is 13.0 Å². The van der Waals surface area contributed by atoms with Crippen molar-refractivity contribution >= 4 is 42.4 Å². The Bertz CT molecular complexity index is 968. The van der Waals surface area contributed by atoms with Gasteiger partial charge in [0.1, 0.15) is 0 Å². The first-order valence-corrected chi connectivity index (χ1v) is 9.80. The van der Waals surface area contributed by atoms with E-state index in [9.17, 15) is 4.79 Å². The monoisotopic (exact) mass is 399 g/mol. The van der Waals surface area contributed by atoms with Crippen molar-refractivity contribution in [1.29, 1.82) is 0 Å². The Kier molecular flexibility index (Phi) is 3.97. The van der Waals surface area contributed by atoms with Gasteiger partial charge in [-0.2, -0.15) is 0 Å². The summed E-state index contributed by atoms with van der Waals surface area (Å²) < 4.78 is 1.10. The first kappa shape index (κ1) is 15.9. The highest BCUT2D eigenvalue weighted by molar-refractivity contribution is 9.09. The van der Waals surface area contributed by atoms with Gasteiger partial charge >= 0.3 is 0 Å². The predicted molar refractivity (Wildman–Crippen MR) is 107 cm³/mol. The molecule has 4 heteroatoms. The number of fused-ring (bicyclic) bond motifs is 2. The maximum absolute atomic E-state index is 12.7. The molecule has 1 aromatic heterocycles. The van der Waals surface area contributed by atoms with Crippen LogP contribution in [0.25, 0.3) is 10.1 Å². The second-order valence-electron chi connectivity index (χ2n) is 6.42. The van der Waals surface area contributed by atoms with Crippen molar-refractivity contribution in [3.8, 4) is 0 Å². The molecule has 1 aliphatic heterocycles. The Morgan fingerprint density at radius 1 is 1.12 bits per heavy atom. The Labute approximate surface area is 153 Å². The molecule has 1 atom stereocenters. The Morgan fingerprint density at radius 3 is 2.42 bits per heavy atom. The summed E-state index contributed by atoms with van der Waals surface area (Å²) in [4.78, 5) is 15.2. The van der Waals surface area contributed by atoms with Gasteiger partial charge < -0.3 is 4.90 Å². The number of hydrogen-bond donors (Lipinski definition) is 0. The van der Waals surface area contributed by atoms with E-state index >= 15 is 0 Å². The second-order valence-corrected chi connectivity index (χ2v) is 8.82. The molecule has 2 heterocycles. The van der Waals surface area contributed by atoms with Gasteiger partial charge in [-0.3, -0.25) is 4.79 Å². The summed E-state index contributed by atoms with van der Waals surface area (Å²) in [5, 5.41) is 1.89. The van der Waals surface area contributed by atoms with Crippen LogP contribution in [0.15, 0.2) is 47.3 Å². The molecule has 1 unspecified atom stereocenters. The largest absolute Gasteiger partial charge is 0.355 e. The van der Waals surface area contributed by atoms with Crippen LogP contribution in [0.1, 0.15) is 34.0 Å². The highest BCUT2D eigenvalue weighted by atomic mass is 79.9. The molecular weight excluding hydrogens is 382 g/mol. The minimum atomic E-state index is 0.118. The van der Waals surface area contributed by atoms with Gasteiger partial charge in [0, 0.05) is 34.1 Å². The van der Waals surface area contributed by atoms with Crippen molar-refractivity contribution in [1.82, 2.24) is 0 Å². The van der Waals surface area contributed by atoms with E-state index in [0.717, 1.165) is 33.7 Å². The average molecular weight is 400 g/mol. The smallest absolute Gasteiger partial charge is 0.190 e. The van der Waals surface area contributed by atoms with E-state index in [2.05, 4.69) is 58.1 Å². The van der Waals surface area contributed by atoms with Gasteiger partial charge in [-0.25, -0.2) is 0 Å². The zero-order valence-electron chi connectivity index (χ0n) is 13.7. The molecule has 0 fully saturated rings. The third kappa shape index (κ3) is 2.68. The van der Waals surface area contributed by atoms with Gasteiger partial charge in [0.05, 0.1) is 5.00 Å². The molecule has 0 N–H and O–H groups in total. The minimum absolute atomic E-state index is 0.118. The van der Waals surface area contributed by atoms with Gasteiger partial charge in [-0.15, -0.1) is 11.3 Å². The third-order valence-electron chi connectivity index (χ3n) is 4.57. The Hall–Kier alpha value is -1.65. The van der Waals surface area contributed by atoms with Gasteiger partial charge in [0.2, 0.25) is 0 Å². The van der Waals surface area contributed by atoms with Crippen LogP contribution in [0.4, 0.5) is 5.00 Å². The van der Waals surface area contributed by atoms with E-state index < -0.39 is 0 Å². The fourth-order valence-corrected chi connectivity index (χ4v) is 5.13. The molecule has 0 aliphatic carbocycles. The zero-order valence-corrected chi connectivity index (χ0v) is 16.1. The summed E-state index contributed by atoms with van der Waals surface area (Å²) in [6.45, 7) is 5.92. The van der Waals surface area contributed by atoms with Crippen molar-refractivity contribution in [3.63, 3.8) is 0 Å². The zero-order chi connectivity index (χ0) is 16.8. The minimum Gasteiger partial charge on any atom is -0.355 e. The van der Waals surface area contributed by atoms with E-state index in [0.29, 0.717) is 0 Å². The number of alkyl halides is 1. The molecule has 0 saturated carbocycles. The fraction of sp³-hybridized carbons (Fsp3) is 0.250. The molecule has 2 nitrogen and oxygen atoms in total. The fourth-order valence-electron chi connectivity index (χ4n) is 3.36. The number of rotatable bonds is 2. The maximum Gasteiger partial charge on any atom is 0.190 e. The Morgan fingerprint density at radius 2 is 1.79 bits per heavy atom. The lowest BCUT2D eigenvalue weighted by Crippen LogP contribution is -2.16. The van der Waals surface area contributed by atoms with Crippen molar-refractivity contribution < 1.29 is 0 Å². The van der Waals surface area contributed by atoms with Crippen LogP contribution in [0, 0.1) is 6.92 Å². The van der Waals surface area contributed by atoms with E-state index in [1.165, 1.54) is 16.7 Å². The molecule has 2 aromatic carbocycles. The lowest BCUT2D eigenvalue weighted by Gasteiger charge is -2.18. The van der Waals surface area contributed by atoms with Crippen LogP contribution >= 0.6 is 27.3 Å². The molecule has 1 aliphatic rings. The quantitative estimate of drug-likeness (QED) is 0.526. The first-order chi connectivity index (χ1) is 11.5. The van der Waals surface area contributed by atoms with Crippen molar-refractivity contribution in [2.45, 2.75) is 31.8 Å². The van der Waals surface area contributed by atoms with Crippen LogP contribution in [0.3, 0.4) is 0 Å². The van der Waals surface area contributed by atoms with Crippen LogP contribution in [-0.4, -0.2) is 0 Å². The molecule has 0 radical (unpaired) electrons. The number of halogens is 1. The first-order valence-electron chi connectivity index (χ1n) is 8.07. The number of hydrogen-bond acceptors (Lipinski definition) is 3. The molecule has 3 aromatic rings. The molecule has 0 saturated heterocycles. The summed E-state index contributed by atoms with van der Waals surface area (Å²) in [6.07, 6.45) is 0. The van der Waals surface area contributed by atoms with Crippen molar-refractivity contribution in [2.24, 2.45) is 0 Å². The molecule has 4 rings (SSSR count). The highest BCUT2D eigenvalue weighted by Crippen LogP contribution is 2.37. The van der Waals surface area contributed by atoms with Crippen LogP contribution in [0.2, 0.25) is 0 Å².